The van der Waals surface area contributed by atoms with Gasteiger partial charge in [-0.1, -0.05) is 13.8 Å². The van der Waals surface area contributed by atoms with Gasteiger partial charge in [0.1, 0.15) is 0 Å². The third-order valence-electron chi connectivity index (χ3n) is 1.80. The van der Waals surface area contributed by atoms with Gasteiger partial charge in [0.2, 0.25) is 0 Å². The van der Waals surface area contributed by atoms with Gasteiger partial charge in [0.05, 0.1) is 12.3 Å². The molecule has 0 aliphatic heterocycles. The lowest BCUT2D eigenvalue weighted by Crippen LogP contribution is -2.00. The molecule has 0 bridgehead atoms. The van der Waals surface area contributed by atoms with Crippen molar-refractivity contribution in [2.24, 2.45) is 13.0 Å². The number of hydrogen-bond donors (Lipinski definition) is 1. The van der Waals surface area contributed by atoms with Crippen LogP contribution in [0, 0.1) is 5.92 Å². The largest absolute Gasteiger partial charge is 0.388 e. The molecule has 12 heavy (non-hydrogen) atoms. The van der Waals surface area contributed by atoms with E-state index in [0.717, 1.165) is 12.0 Å². The lowest BCUT2D eigenvalue weighted by Gasteiger charge is -2.10. The van der Waals surface area contributed by atoms with E-state index in [1.165, 1.54) is 0 Å². The molecule has 0 fully saturated rings. The first-order valence-electron chi connectivity index (χ1n) is 4.26. The average Bonchev–Trinajstić information content (AvgIpc) is 2.34. The van der Waals surface area contributed by atoms with E-state index in [-0.39, 0.29) is 6.10 Å². The molecule has 0 radical (unpaired) electrons. The van der Waals surface area contributed by atoms with Crippen LogP contribution < -0.4 is 0 Å². The molecule has 3 heteroatoms. The molecule has 1 N–H and O–H groups in total. The summed E-state index contributed by atoms with van der Waals surface area (Å²) < 4.78 is 1.71. The lowest BCUT2D eigenvalue weighted by molar-refractivity contribution is 0.151. The van der Waals surface area contributed by atoms with Crippen LogP contribution in [0.5, 0.6) is 0 Å². The van der Waals surface area contributed by atoms with Crippen molar-refractivity contribution in [3.05, 3.63) is 18.0 Å². The molecule has 1 rings (SSSR count). The van der Waals surface area contributed by atoms with Gasteiger partial charge in [-0.25, -0.2) is 0 Å². The van der Waals surface area contributed by atoms with Crippen molar-refractivity contribution in [1.82, 2.24) is 9.78 Å². The van der Waals surface area contributed by atoms with Crippen LogP contribution in [0.15, 0.2) is 12.4 Å². The van der Waals surface area contributed by atoms with Crippen LogP contribution in [0.3, 0.4) is 0 Å². The van der Waals surface area contributed by atoms with Crippen LogP contribution in [0.2, 0.25) is 0 Å². The molecular formula is C9H16N2O. The standard InChI is InChI=1S/C9H16N2O/c1-7(2)4-9(12)8-5-10-11(3)6-8/h5-7,9,12H,4H2,1-3H3. The summed E-state index contributed by atoms with van der Waals surface area (Å²) in [4.78, 5) is 0. The average molecular weight is 168 g/mol. The van der Waals surface area contributed by atoms with Gasteiger partial charge in [-0.3, -0.25) is 4.68 Å². The molecule has 3 nitrogen and oxygen atoms in total. The smallest absolute Gasteiger partial charge is 0.0823 e. The highest BCUT2D eigenvalue weighted by atomic mass is 16.3. The number of aliphatic hydroxyl groups is 1. The maximum atomic E-state index is 9.65. The van der Waals surface area contributed by atoms with Crippen molar-refractivity contribution in [2.75, 3.05) is 0 Å². The molecule has 0 saturated heterocycles. The summed E-state index contributed by atoms with van der Waals surface area (Å²) in [5.74, 6) is 0.514. The van der Waals surface area contributed by atoms with Crippen molar-refractivity contribution in [3.63, 3.8) is 0 Å². The van der Waals surface area contributed by atoms with E-state index in [0.29, 0.717) is 5.92 Å². The predicted octanol–water partition coefficient (Wildman–Crippen LogP) is 1.50. The summed E-state index contributed by atoms with van der Waals surface area (Å²) >= 11 is 0. The molecule has 1 unspecified atom stereocenters. The second-order valence-corrected chi connectivity index (χ2v) is 3.59. The lowest BCUT2D eigenvalue weighted by atomic mass is 10.0. The first kappa shape index (κ1) is 9.26. The molecule has 1 atom stereocenters. The molecule has 0 saturated carbocycles. The van der Waals surface area contributed by atoms with Crippen LogP contribution in [0.4, 0.5) is 0 Å². The molecule has 0 aliphatic rings. The summed E-state index contributed by atoms with van der Waals surface area (Å²) in [6.07, 6.45) is 4.00. The molecule has 0 spiro atoms. The first-order chi connectivity index (χ1) is 5.59. The van der Waals surface area contributed by atoms with E-state index in [9.17, 15) is 5.11 Å². The second-order valence-electron chi connectivity index (χ2n) is 3.59. The molecule has 0 amide bonds. The molecule has 1 aromatic rings. The fourth-order valence-corrected chi connectivity index (χ4v) is 1.19. The highest BCUT2D eigenvalue weighted by Crippen LogP contribution is 2.19. The molecule has 0 aromatic carbocycles. The van der Waals surface area contributed by atoms with E-state index in [4.69, 9.17) is 0 Å². The number of rotatable bonds is 3. The Labute approximate surface area is 73.0 Å². The monoisotopic (exact) mass is 168 g/mol. The van der Waals surface area contributed by atoms with Crippen LogP contribution in [0.1, 0.15) is 31.9 Å². The highest BCUT2D eigenvalue weighted by Gasteiger charge is 2.10. The number of nitrogens with zero attached hydrogens (tertiary/aromatic N) is 2. The number of hydrogen-bond acceptors (Lipinski definition) is 2. The number of aryl methyl sites for hydroxylation is 1. The van der Waals surface area contributed by atoms with Crippen molar-refractivity contribution < 1.29 is 5.11 Å². The van der Waals surface area contributed by atoms with Gasteiger partial charge in [-0.05, 0) is 12.3 Å². The maximum Gasteiger partial charge on any atom is 0.0823 e. The van der Waals surface area contributed by atoms with Gasteiger partial charge < -0.3 is 5.11 Å². The Bertz CT molecular complexity index is 242. The molecule has 68 valence electrons. The molecule has 1 heterocycles. The topological polar surface area (TPSA) is 38.1 Å². The SMILES string of the molecule is CC(C)CC(O)c1cnn(C)c1. The highest BCUT2D eigenvalue weighted by molar-refractivity contribution is 5.07. The first-order valence-corrected chi connectivity index (χ1v) is 4.26. The van der Waals surface area contributed by atoms with Gasteiger partial charge >= 0.3 is 0 Å². The van der Waals surface area contributed by atoms with Crippen LogP contribution in [0.25, 0.3) is 0 Å². The Morgan fingerprint density at radius 3 is 2.67 bits per heavy atom. The fraction of sp³-hybridized carbons (Fsp3) is 0.667. The van der Waals surface area contributed by atoms with Gasteiger partial charge in [-0.15, -0.1) is 0 Å². The van der Waals surface area contributed by atoms with Gasteiger partial charge in [0, 0.05) is 18.8 Å². The van der Waals surface area contributed by atoms with Crippen molar-refractivity contribution in [3.8, 4) is 0 Å². The Morgan fingerprint density at radius 2 is 2.25 bits per heavy atom. The normalized spacial score (nSPS) is 13.8. The van der Waals surface area contributed by atoms with Crippen LogP contribution in [-0.2, 0) is 7.05 Å². The fourth-order valence-electron chi connectivity index (χ4n) is 1.19. The van der Waals surface area contributed by atoms with E-state index in [1.54, 1.807) is 10.9 Å². The summed E-state index contributed by atoms with van der Waals surface area (Å²) in [5.41, 5.74) is 0.909. The summed E-state index contributed by atoms with van der Waals surface area (Å²) in [6, 6.07) is 0. The Balaban J connectivity index is 2.58. The maximum absolute atomic E-state index is 9.65. The van der Waals surface area contributed by atoms with Gasteiger partial charge in [0.15, 0.2) is 0 Å². The van der Waals surface area contributed by atoms with Crippen molar-refractivity contribution in [2.45, 2.75) is 26.4 Å². The van der Waals surface area contributed by atoms with E-state index < -0.39 is 0 Å². The third-order valence-corrected chi connectivity index (χ3v) is 1.80. The molecular weight excluding hydrogens is 152 g/mol. The van der Waals surface area contributed by atoms with Crippen molar-refractivity contribution >= 4 is 0 Å². The van der Waals surface area contributed by atoms with Crippen LogP contribution >= 0.6 is 0 Å². The van der Waals surface area contributed by atoms with E-state index >= 15 is 0 Å². The summed E-state index contributed by atoms with van der Waals surface area (Å²) in [7, 11) is 1.85. The van der Waals surface area contributed by atoms with Crippen LogP contribution in [-0.4, -0.2) is 14.9 Å². The Hall–Kier alpha value is -0.830. The third kappa shape index (κ3) is 2.34. The quantitative estimate of drug-likeness (QED) is 0.742. The summed E-state index contributed by atoms with van der Waals surface area (Å²) in [6.45, 7) is 4.19. The summed E-state index contributed by atoms with van der Waals surface area (Å²) in [5, 5.41) is 13.7. The zero-order valence-electron chi connectivity index (χ0n) is 7.86. The zero-order valence-corrected chi connectivity index (χ0v) is 7.86. The van der Waals surface area contributed by atoms with Gasteiger partial charge in [-0.2, -0.15) is 5.10 Å². The second kappa shape index (κ2) is 3.72. The Morgan fingerprint density at radius 1 is 1.58 bits per heavy atom. The molecule has 1 aromatic heterocycles. The number of aliphatic hydroxyl groups excluding tert-OH is 1. The van der Waals surface area contributed by atoms with E-state index in [2.05, 4.69) is 18.9 Å². The van der Waals surface area contributed by atoms with Gasteiger partial charge in [0.25, 0.3) is 0 Å². The van der Waals surface area contributed by atoms with E-state index in [1.807, 2.05) is 13.2 Å². The zero-order chi connectivity index (χ0) is 9.14. The number of aromatic nitrogens is 2. The Kier molecular flexibility index (Phi) is 2.87. The van der Waals surface area contributed by atoms with Crippen molar-refractivity contribution in [1.29, 1.82) is 0 Å². The predicted molar refractivity (Wildman–Crippen MR) is 47.6 cm³/mol. The minimum absolute atomic E-state index is 0.362. The molecule has 0 aliphatic carbocycles. The minimum atomic E-state index is -0.362. The minimum Gasteiger partial charge on any atom is -0.388 e.